The van der Waals surface area contributed by atoms with Crippen LogP contribution in [0.5, 0.6) is 0 Å². The number of aliphatic hydroxyl groups excluding tert-OH is 1. The highest BCUT2D eigenvalue weighted by Crippen LogP contribution is 2.21. The average molecular weight is 270 g/mol. The second-order valence-corrected chi connectivity index (χ2v) is 5.53. The van der Waals surface area contributed by atoms with Gasteiger partial charge in [0.2, 0.25) is 0 Å². The first-order valence-corrected chi connectivity index (χ1v) is 7.06. The number of hydrogen-bond donors (Lipinski definition) is 3. The van der Waals surface area contributed by atoms with Gasteiger partial charge in [0, 0.05) is 19.0 Å². The molecule has 1 saturated heterocycles. The van der Waals surface area contributed by atoms with Crippen molar-refractivity contribution in [2.75, 3.05) is 6.54 Å². The van der Waals surface area contributed by atoms with E-state index in [1.807, 2.05) is 0 Å². The highest BCUT2D eigenvalue weighted by molar-refractivity contribution is 5.83. The number of urea groups is 1. The highest BCUT2D eigenvalue weighted by atomic mass is 16.4. The fourth-order valence-corrected chi connectivity index (χ4v) is 2.95. The Morgan fingerprint density at radius 2 is 1.74 bits per heavy atom. The first kappa shape index (κ1) is 14.1. The first-order valence-electron chi connectivity index (χ1n) is 7.06. The normalized spacial score (nSPS) is 29.0. The van der Waals surface area contributed by atoms with E-state index in [0.29, 0.717) is 0 Å². The molecule has 1 aliphatic heterocycles. The molecular formula is C13H22N2O4. The zero-order chi connectivity index (χ0) is 13.8. The standard InChI is InChI=1S/C13H22N2O4/c16-10-7-11(12(17)18)15(8-10)13(19)14-9-5-3-1-2-4-6-9/h9-11,16H,1-8H2,(H,14,19)(H,17,18)/t10-,11+/m1/s1. The van der Waals surface area contributed by atoms with Crippen LogP contribution >= 0.6 is 0 Å². The van der Waals surface area contributed by atoms with Gasteiger partial charge in [-0.1, -0.05) is 25.7 Å². The van der Waals surface area contributed by atoms with Crippen molar-refractivity contribution >= 4 is 12.0 Å². The second-order valence-electron chi connectivity index (χ2n) is 5.53. The largest absolute Gasteiger partial charge is 0.480 e. The molecule has 1 saturated carbocycles. The molecule has 0 bridgehead atoms. The van der Waals surface area contributed by atoms with Crippen molar-refractivity contribution in [3.63, 3.8) is 0 Å². The van der Waals surface area contributed by atoms with Crippen molar-refractivity contribution < 1.29 is 19.8 Å². The number of amides is 2. The summed E-state index contributed by atoms with van der Waals surface area (Å²) in [5, 5.41) is 21.5. The molecule has 1 aliphatic carbocycles. The van der Waals surface area contributed by atoms with Gasteiger partial charge < -0.3 is 20.4 Å². The van der Waals surface area contributed by atoms with Crippen molar-refractivity contribution in [2.24, 2.45) is 0 Å². The van der Waals surface area contributed by atoms with Gasteiger partial charge in [-0.15, -0.1) is 0 Å². The molecule has 0 radical (unpaired) electrons. The molecule has 2 aliphatic rings. The Balaban J connectivity index is 1.92. The molecule has 0 spiro atoms. The van der Waals surface area contributed by atoms with Crippen LogP contribution in [0.3, 0.4) is 0 Å². The Kier molecular flexibility index (Phi) is 4.63. The number of aliphatic hydroxyl groups is 1. The number of hydrogen-bond acceptors (Lipinski definition) is 3. The van der Waals surface area contributed by atoms with Crippen LogP contribution < -0.4 is 5.32 Å². The second kappa shape index (κ2) is 6.23. The molecular weight excluding hydrogens is 248 g/mol. The van der Waals surface area contributed by atoms with Gasteiger partial charge in [0.1, 0.15) is 6.04 Å². The maximum atomic E-state index is 12.1. The Morgan fingerprint density at radius 3 is 2.32 bits per heavy atom. The highest BCUT2D eigenvalue weighted by Gasteiger charge is 2.39. The summed E-state index contributed by atoms with van der Waals surface area (Å²) in [5.41, 5.74) is 0. The summed E-state index contributed by atoms with van der Waals surface area (Å²) in [6, 6.07) is -1.11. The van der Waals surface area contributed by atoms with E-state index >= 15 is 0 Å². The molecule has 1 heterocycles. The zero-order valence-electron chi connectivity index (χ0n) is 11.0. The first-order chi connectivity index (χ1) is 9.08. The van der Waals surface area contributed by atoms with E-state index in [2.05, 4.69) is 5.32 Å². The molecule has 0 aromatic heterocycles. The van der Waals surface area contributed by atoms with Crippen LogP contribution in [-0.4, -0.2) is 51.8 Å². The summed E-state index contributed by atoms with van der Waals surface area (Å²) in [6.07, 6.45) is 5.92. The van der Waals surface area contributed by atoms with Crippen molar-refractivity contribution in [3.05, 3.63) is 0 Å². The molecule has 2 atom stereocenters. The van der Waals surface area contributed by atoms with E-state index in [-0.39, 0.29) is 25.0 Å². The van der Waals surface area contributed by atoms with Crippen molar-refractivity contribution in [2.45, 2.75) is 63.1 Å². The fraction of sp³-hybridized carbons (Fsp3) is 0.846. The minimum Gasteiger partial charge on any atom is -0.480 e. The molecule has 0 unspecified atom stereocenters. The smallest absolute Gasteiger partial charge is 0.326 e. The van der Waals surface area contributed by atoms with Gasteiger partial charge in [-0.05, 0) is 12.8 Å². The lowest BCUT2D eigenvalue weighted by atomic mass is 10.1. The third-order valence-electron chi connectivity index (χ3n) is 4.01. The number of nitrogens with one attached hydrogen (secondary N) is 1. The maximum absolute atomic E-state index is 12.1. The Morgan fingerprint density at radius 1 is 1.11 bits per heavy atom. The van der Waals surface area contributed by atoms with Crippen LogP contribution in [0.15, 0.2) is 0 Å². The number of β-amino-alcohol motifs (C(OH)–C–C–N with tert-alkyl or cyclic N) is 1. The monoisotopic (exact) mass is 270 g/mol. The topological polar surface area (TPSA) is 89.9 Å². The molecule has 2 rings (SSSR count). The quantitative estimate of drug-likeness (QED) is 0.651. The van der Waals surface area contributed by atoms with Gasteiger partial charge in [-0.2, -0.15) is 0 Å². The number of carbonyl (C=O) groups is 2. The van der Waals surface area contributed by atoms with Crippen LogP contribution in [0.25, 0.3) is 0 Å². The number of carboxylic acids is 1. The lowest BCUT2D eigenvalue weighted by Crippen LogP contribution is -2.49. The van der Waals surface area contributed by atoms with Crippen LogP contribution in [-0.2, 0) is 4.79 Å². The lowest BCUT2D eigenvalue weighted by Gasteiger charge is -2.25. The fourth-order valence-electron chi connectivity index (χ4n) is 2.95. The third kappa shape index (κ3) is 3.59. The van der Waals surface area contributed by atoms with E-state index in [4.69, 9.17) is 5.11 Å². The van der Waals surface area contributed by atoms with Gasteiger partial charge >= 0.3 is 12.0 Å². The SMILES string of the molecule is O=C(O)[C@@H]1C[C@@H](O)CN1C(=O)NC1CCCCCC1. The maximum Gasteiger partial charge on any atom is 0.326 e. The van der Waals surface area contributed by atoms with Crippen LogP contribution in [0.2, 0.25) is 0 Å². The van der Waals surface area contributed by atoms with E-state index in [0.717, 1.165) is 25.7 Å². The van der Waals surface area contributed by atoms with Crippen LogP contribution in [0, 0.1) is 0 Å². The van der Waals surface area contributed by atoms with Crippen molar-refractivity contribution in [3.8, 4) is 0 Å². The Labute approximate surface area is 112 Å². The zero-order valence-corrected chi connectivity index (χ0v) is 11.0. The minimum absolute atomic E-state index is 0.107. The van der Waals surface area contributed by atoms with Crippen molar-refractivity contribution in [1.82, 2.24) is 10.2 Å². The molecule has 2 amide bonds. The molecule has 2 fully saturated rings. The predicted molar refractivity (Wildman–Crippen MR) is 68.8 cm³/mol. The van der Waals surface area contributed by atoms with E-state index in [9.17, 15) is 14.7 Å². The van der Waals surface area contributed by atoms with Gasteiger partial charge in [-0.3, -0.25) is 0 Å². The third-order valence-corrected chi connectivity index (χ3v) is 4.01. The minimum atomic E-state index is -1.05. The summed E-state index contributed by atoms with van der Waals surface area (Å²) >= 11 is 0. The number of nitrogens with zero attached hydrogens (tertiary/aromatic N) is 1. The van der Waals surface area contributed by atoms with Gasteiger partial charge in [0.15, 0.2) is 0 Å². The number of carboxylic acid groups (broad SMARTS) is 1. The molecule has 6 heteroatoms. The number of rotatable bonds is 2. The molecule has 108 valence electrons. The number of aliphatic carboxylic acids is 1. The Hall–Kier alpha value is -1.30. The molecule has 0 aromatic carbocycles. The number of likely N-dealkylation sites (tertiary alicyclic amines) is 1. The summed E-state index contributed by atoms with van der Waals surface area (Å²) in [6.45, 7) is 0.107. The van der Waals surface area contributed by atoms with Gasteiger partial charge in [0.25, 0.3) is 0 Å². The molecule has 3 N–H and O–H groups in total. The molecule has 0 aromatic rings. The number of carbonyl (C=O) groups excluding carboxylic acids is 1. The average Bonchev–Trinajstić information content (AvgIpc) is 2.58. The van der Waals surface area contributed by atoms with Gasteiger partial charge in [-0.25, -0.2) is 9.59 Å². The predicted octanol–water partition coefficient (Wildman–Crippen LogP) is 0.939. The summed E-state index contributed by atoms with van der Waals surface area (Å²) in [5.74, 6) is -1.05. The lowest BCUT2D eigenvalue weighted by molar-refractivity contribution is -0.141. The Bertz CT molecular complexity index is 340. The molecule has 19 heavy (non-hydrogen) atoms. The van der Waals surface area contributed by atoms with E-state index in [1.165, 1.54) is 17.7 Å². The van der Waals surface area contributed by atoms with E-state index < -0.39 is 18.1 Å². The summed E-state index contributed by atoms with van der Waals surface area (Å²) in [7, 11) is 0. The summed E-state index contributed by atoms with van der Waals surface area (Å²) in [4.78, 5) is 24.5. The van der Waals surface area contributed by atoms with Crippen molar-refractivity contribution in [1.29, 1.82) is 0 Å². The summed E-state index contributed by atoms with van der Waals surface area (Å²) < 4.78 is 0. The van der Waals surface area contributed by atoms with Crippen LogP contribution in [0.4, 0.5) is 4.79 Å². The van der Waals surface area contributed by atoms with E-state index in [1.54, 1.807) is 0 Å². The van der Waals surface area contributed by atoms with Gasteiger partial charge in [0.05, 0.1) is 6.10 Å². The molecule has 6 nitrogen and oxygen atoms in total. The van der Waals surface area contributed by atoms with Crippen LogP contribution in [0.1, 0.15) is 44.9 Å².